The van der Waals surface area contributed by atoms with Crippen LogP contribution in [0.1, 0.15) is 24.4 Å². The van der Waals surface area contributed by atoms with E-state index in [1.165, 1.54) is 18.9 Å². The van der Waals surface area contributed by atoms with E-state index < -0.39 is 11.6 Å². The highest BCUT2D eigenvalue weighted by molar-refractivity contribution is 5.21. The molecule has 20 heavy (non-hydrogen) atoms. The van der Waals surface area contributed by atoms with Crippen molar-refractivity contribution in [3.05, 3.63) is 35.4 Å². The lowest BCUT2D eigenvalue weighted by atomic mass is 10.1. The van der Waals surface area contributed by atoms with E-state index in [-0.39, 0.29) is 6.04 Å². The second-order valence-electron chi connectivity index (χ2n) is 5.83. The number of nitrogens with zero attached hydrogens (tertiary/aromatic N) is 2. The third kappa shape index (κ3) is 3.75. The quantitative estimate of drug-likeness (QED) is 0.897. The fourth-order valence-corrected chi connectivity index (χ4v) is 2.86. The molecule has 2 N–H and O–H groups in total. The van der Waals surface area contributed by atoms with Gasteiger partial charge in [-0.2, -0.15) is 0 Å². The second kappa shape index (κ2) is 6.61. The molecule has 1 aliphatic heterocycles. The zero-order chi connectivity index (χ0) is 14.7. The monoisotopic (exact) mass is 283 g/mol. The lowest BCUT2D eigenvalue weighted by molar-refractivity contribution is 0.198. The summed E-state index contributed by atoms with van der Waals surface area (Å²) < 4.78 is 26.2. The van der Waals surface area contributed by atoms with E-state index in [1.54, 1.807) is 6.07 Å². The molecule has 112 valence electrons. The van der Waals surface area contributed by atoms with Gasteiger partial charge in [0.15, 0.2) is 11.6 Å². The Morgan fingerprint density at radius 1 is 1.35 bits per heavy atom. The largest absolute Gasteiger partial charge is 0.323 e. The molecule has 1 saturated heterocycles. The van der Waals surface area contributed by atoms with Crippen LogP contribution in [0.5, 0.6) is 0 Å². The fraction of sp³-hybridized carbons (Fsp3) is 0.600. The summed E-state index contributed by atoms with van der Waals surface area (Å²) in [5.41, 5.74) is 6.79. The standard InChI is InChI=1S/C15H23F2N3/c1-19(2)9-12-4-3-7-20(12)10-15(18)11-5-6-13(16)14(17)8-11/h5-6,8,12,15H,3-4,7,9-10,18H2,1-2H3. The Morgan fingerprint density at radius 2 is 2.10 bits per heavy atom. The number of benzene rings is 1. The number of likely N-dealkylation sites (tertiary alicyclic amines) is 1. The molecule has 0 aliphatic carbocycles. The first-order chi connectivity index (χ1) is 9.47. The minimum absolute atomic E-state index is 0.284. The van der Waals surface area contributed by atoms with Gasteiger partial charge in [0.1, 0.15) is 0 Å². The van der Waals surface area contributed by atoms with Crippen LogP contribution in [0.2, 0.25) is 0 Å². The normalized spacial score (nSPS) is 21.6. The Morgan fingerprint density at radius 3 is 2.75 bits per heavy atom. The van der Waals surface area contributed by atoms with Crippen LogP contribution in [0.4, 0.5) is 8.78 Å². The van der Waals surface area contributed by atoms with Crippen molar-refractivity contribution >= 4 is 0 Å². The minimum atomic E-state index is -0.829. The molecule has 1 aromatic carbocycles. The molecule has 0 spiro atoms. The van der Waals surface area contributed by atoms with Gasteiger partial charge in [-0.05, 0) is 51.2 Å². The number of nitrogens with two attached hydrogens (primary N) is 1. The molecule has 2 rings (SSSR count). The Bertz CT molecular complexity index is 451. The van der Waals surface area contributed by atoms with E-state index in [9.17, 15) is 8.78 Å². The molecule has 0 aromatic heterocycles. The predicted octanol–water partition coefficient (Wildman–Crippen LogP) is 1.99. The summed E-state index contributed by atoms with van der Waals surface area (Å²) in [6, 6.07) is 4.14. The van der Waals surface area contributed by atoms with Crippen LogP contribution in [0, 0.1) is 11.6 Å². The van der Waals surface area contributed by atoms with Crippen molar-refractivity contribution in [3.63, 3.8) is 0 Å². The number of hydrogen-bond donors (Lipinski definition) is 1. The predicted molar refractivity (Wildman–Crippen MR) is 76.4 cm³/mol. The van der Waals surface area contributed by atoms with E-state index in [0.717, 1.165) is 19.2 Å². The molecule has 1 aliphatic rings. The SMILES string of the molecule is CN(C)CC1CCCN1CC(N)c1ccc(F)c(F)c1. The van der Waals surface area contributed by atoms with Crippen LogP contribution < -0.4 is 5.73 Å². The van der Waals surface area contributed by atoms with Crippen LogP contribution in [0.15, 0.2) is 18.2 Å². The van der Waals surface area contributed by atoms with Gasteiger partial charge < -0.3 is 10.6 Å². The van der Waals surface area contributed by atoms with Crippen LogP contribution in [0.3, 0.4) is 0 Å². The van der Waals surface area contributed by atoms with Gasteiger partial charge >= 0.3 is 0 Å². The van der Waals surface area contributed by atoms with Crippen LogP contribution in [-0.4, -0.2) is 49.6 Å². The van der Waals surface area contributed by atoms with E-state index in [0.29, 0.717) is 18.2 Å². The minimum Gasteiger partial charge on any atom is -0.323 e. The van der Waals surface area contributed by atoms with E-state index in [1.807, 2.05) is 0 Å². The van der Waals surface area contributed by atoms with Crippen molar-refractivity contribution in [3.8, 4) is 0 Å². The number of hydrogen-bond acceptors (Lipinski definition) is 3. The molecular weight excluding hydrogens is 260 g/mol. The Labute approximate surface area is 119 Å². The molecular formula is C15H23F2N3. The first-order valence-electron chi connectivity index (χ1n) is 7.06. The zero-order valence-corrected chi connectivity index (χ0v) is 12.1. The molecule has 0 bridgehead atoms. The second-order valence-corrected chi connectivity index (χ2v) is 5.83. The number of rotatable bonds is 5. The van der Waals surface area contributed by atoms with Crippen LogP contribution in [-0.2, 0) is 0 Å². The van der Waals surface area contributed by atoms with Crippen molar-refractivity contribution in [1.82, 2.24) is 9.80 Å². The van der Waals surface area contributed by atoms with Gasteiger partial charge in [-0.3, -0.25) is 4.90 Å². The maximum Gasteiger partial charge on any atom is 0.159 e. The van der Waals surface area contributed by atoms with Crippen molar-refractivity contribution in [2.75, 3.05) is 33.7 Å². The molecule has 2 atom stereocenters. The number of halogens is 2. The summed E-state index contributed by atoms with van der Waals surface area (Å²) in [7, 11) is 4.12. The zero-order valence-electron chi connectivity index (χ0n) is 12.1. The third-order valence-electron chi connectivity index (χ3n) is 3.88. The topological polar surface area (TPSA) is 32.5 Å². The van der Waals surface area contributed by atoms with Gasteiger partial charge in [0.05, 0.1) is 0 Å². The summed E-state index contributed by atoms with van der Waals surface area (Å²) in [4.78, 5) is 4.53. The maximum absolute atomic E-state index is 13.3. The highest BCUT2D eigenvalue weighted by atomic mass is 19.2. The summed E-state index contributed by atoms with van der Waals surface area (Å²) in [6.07, 6.45) is 2.34. The highest BCUT2D eigenvalue weighted by Gasteiger charge is 2.26. The Hall–Kier alpha value is -1.04. The van der Waals surface area contributed by atoms with Gasteiger partial charge in [0.2, 0.25) is 0 Å². The molecule has 2 unspecified atom stereocenters. The molecule has 0 radical (unpaired) electrons. The first kappa shape index (κ1) is 15.4. The van der Waals surface area contributed by atoms with Crippen molar-refractivity contribution in [2.24, 2.45) is 5.73 Å². The molecule has 1 fully saturated rings. The summed E-state index contributed by atoms with van der Waals surface area (Å²) >= 11 is 0. The maximum atomic E-state index is 13.3. The molecule has 0 amide bonds. The van der Waals surface area contributed by atoms with Gasteiger partial charge in [-0.25, -0.2) is 8.78 Å². The summed E-state index contributed by atoms with van der Waals surface area (Å²) in [5, 5.41) is 0. The molecule has 0 saturated carbocycles. The van der Waals surface area contributed by atoms with Gasteiger partial charge in [0, 0.05) is 25.2 Å². The lowest BCUT2D eigenvalue weighted by Crippen LogP contribution is -2.41. The van der Waals surface area contributed by atoms with Crippen molar-refractivity contribution in [2.45, 2.75) is 24.9 Å². The summed E-state index contributed by atoms with van der Waals surface area (Å²) in [5.74, 6) is -1.66. The Kier molecular flexibility index (Phi) is 5.07. The average molecular weight is 283 g/mol. The van der Waals surface area contributed by atoms with Crippen LogP contribution in [0.25, 0.3) is 0 Å². The fourth-order valence-electron chi connectivity index (χ4n) is 2.86. The van der Waals surface area contributed by atoms with Crippen molar-refractivity contribution in [1.29, 1.82) is 0 Å². The van der Waals surface area contributed by atoms with Gasteiger partial charge in [-0.15, -0.1) is 0 Å². The number of likely N-dealkylation sites (N-methyl/N-ethyl adjacent to an activating group) is 1. The smallest absolute Gasteiger partial charge is 0.159 e. The van der Waals surface area contributed by atoms with Crippen molar-refractivity contribution < 1.29 is 8.78 Å². The molecule has 1 heterocycles. The van der Waals surface area contributed by atoms with Crippen LogP contribution >= 0.6 is 0 Å². The third-order valence-corrected chi connectivity index (χ3v) is 3.88. The van der Waals surface area contributed by atoms with E-state index in [2.05, 4.69) is 23.9 Å². The summed E-state index contributed by atoms with van der Waals surface area (Å²) in [6.45, 7) is 2.71. The molecule has 3 nitrogen and oxygen atoms in total. The highest BCUT2D eigenvalue weighted by Crippen LogP contribution is 2.22. The average Bonchev–Trinajstić information content (AvgIpc) is 2.79. The van der Waals surface area contributed by atoms with E-state index in [4.69, 9.17) is 5.73 Å². The van der Waals surface area contributed by atoms with Gasteiger partial charge in [0.25, 0.3) is 0 Å². The van der Waals surface area contributed by atoms with Gasteiger partial charge in [-0.1, -0.05) is 6.07 Å². The van der Waals surface area contributed by atoms with E-state index >= 15 is 0 Å². The molecule has 5 heteroatoms. The first-order valence-corrected chi connectivity index (χ1v) is 7.06. The molecule has 1 aromatic rings. The Balaban J connectivity index is 1.99. The lowest BCUT2D eigenvalue weighted by Gasteiger charge is -2.29.